The lowest BCUT2D eigenvalue weighted by Crippen LogP contribution is -2.03. The van der Waals surface area contributed by atoms with Crippen LogP contribution in [-0.4, -0.2) is 9.55 Å². The maximum atomic E-state index is 8.86. The predicted octanol–water partition coefficient (Wildman–Crippen LogP) is 3.11. The van der Waals surface area contributed by atoms with E-state index in [0.717, 1.165) is 0 Å². The third-order valence-electron chi connectivity index (χ3n) is 2.15. The highest BCUT2D eigenvalue weighted by Gasteiger charge is 2.06. The quantitative estimate of drug-likeness (QED) is 0.770. The number of rotatable bonds is 2. The third-order valence-corrected chi connectivity index (χ3v) is 2.70. The van der Waals surface area contributed by atoms with Crippen LogP contribution in [0.1, 0.15) is 11.4 Å². The summed E-state index contributed by atoms with van der Waals surface area (Å²) >= 11 is 11.8. The molecule has 0 N–H and O–H groups in total. The molecule has 0 aliphatic heterocycles. The standard InChI is InChI=1S/C11H7Cl2N3/c12-9-3-4-11(13)15-10(9)7-16-5-1-2-8(16)6-14/h1-5H,7H2. The molecule has 0 radical (unpaired) electrons. The third kappa shape index (κ3) is 2.19. The van der Waals surface area contributed by atoms with E-state index in [1.165, 1.54) is 0 Å². The largest absolute Gasteiger partial charge is 0.333 e. The number of halogens is 2. The minimum absolute atomic E-state index is 0.394. The van der Waals surface area contributed by atoms with Gasteiger partial charge in [0.05, 0.1) is 17.3 Å². The molecule has 0 aliphatic rings. The van der Waals surface area contributed by atoms with Crippen molar-refractivity contribution in [3.8, 4) is 6.07 Å². The Morgan fingerprint density at radius 1 is 1.31 bits per heavy atom. The smallest absolute Gasteiger partial charge is 0.129 e. The molecular formula is C11H7Cl2N3. The Bertz CT molecular complexity index is 555. The van der Waals surface area contributed by atoms with Gasteiger partial charge in [-0.25, -0.2) is 4.98 Å². The van der Waals surface area contributed by atoms with Crippen molar-refractivity contribution in [1.29, 1.82) is 5.26 Å². The lowest BCUT2D eigenvalue weighted by molar-refractivity contribution is 0.770. The Kier molecular flexibility index (Phi) is 3.14. The van der Waals surface area contributed by atoms with E-state index in [1.54, 1.807) is 35.0 Å². The van der Waals surface area contributed by atoms with Crippen molar-refractivity contribution < 1.29 is 0 Å². The summed E-state index contributed by atoms with van der Waals surface area (Å²) in [6, 6.07) is 8.96. The average molecular weight is 252 g/mol. The molecule has 0 spiro atoms. The summed E-state index contributed by atoms with van der Waals surface area (Å²) in [4.78, 5) is 4.13. The van der Waals surface area contributed by atoms with Crippen LogP contribution in [0.15, 0.2) is 30.5 Å². The zero-order valence-corrected chi connectivity index (χ0v) is 9.70. The molecule has 0 aliphatic carbocycles. The van der Waals surface area contributed by atoms with Crippen molar-refractivity contribution in [2.75, 3.05) is 0 Å². The Hall–Kier alpha value is -1.50. The van der Waals surface area contributed by atoms with Crippen LogP contribution in [0.25, 0.3) is 0 Å². The summed E-state index contributed by atoms with van der Waals surface area (Å²) < 4.78 is 1.77. The molecular weight excluding hydrogens is 245 g/mol. The molecule has 0 saturated heterocycles. The van der Waals surface area contributed by atoms with Gasteiger partial charge < -0.3 is 4.57 Å². The highest BCUT2D eigenvalue weighted by molar-refractivity contribution is 6.32. The molecule has 80 valence electrons. The summed E-state index contributed by atoms with van der Waals surface area (Å²) in [5.74, 6) is 0. The minimum atomic E-state index is 0.394. The van der Waals surface area contributed by atoms with E-state index in [2.05, 4.69) is 11.1 Å². The molecule has 2 aromatic heterocycles. The molecule has 0 fully saturated rings. The van der Waals surface area contributed by atoms with Crippen molar-refractivity contribution in [2.24, 2.45) is 0 Å². The van der Waals surface area contributed by atoms with E-state index in [1.807, 2.05) is 0 Å². The summed E-state index contributed by atoms with van der Waals surface area (Å²) in [5.41, 5.74) is 1.22. The molecule has 16 heavy (non-hydrogen) atoms. The topological polar surface area (TPSA) is 41.6 Å². The van der Waals surface area contributed by atoms with Crippen LogP contribution >= 0.6 is 23.2 Å². The van der Waals surface area contributed by atoms with Crippen molar-refractivity contribution in [3.63, 3.8) is 0 Å². The number of nitriles is 1. The van der Waals surface area contributed by atoms with Gasteiger partial charge in [-0.15, -0.1) is 0 Å². The number of hydrogen-bond donors (Lipinski definition) is 0. The highest BCUT2D eigenvalue weighted by Crippen LogP contribution is 2.18. The first-order valence-corrected chi connectivity index (χ1v) is 5.32. The minimum Gasteiger partial charge on any atom is -0.333 e. The van der Waals surface area contributed by atoms with E-state index < -0.39 is 0 Å². The maximum Gasteiger partial charge on any atom is 0.129 e. The van der Waals surface area contributed by atoms with E-state index in [0.29, 0.717) is 28.1 Å². The Morgan fingerprint density at radius 3 is 2.88 bits per heavy atom. The van der Waals surface area contributed by atoms with Gasteiger partial charge in [0.15, 0.2) is 0 Å². The van der Waals surface area contributed by atoms with Crippen LogP contribution in [0.3, 0.4) is 0 Å². The Balaban J connectivity index is 2.34. The number of hydrogen-bond acceptors (Lipinski definition) is 2. The van der Waals surface area contributed by atoms with Gasteiger partial charge in [0, 0.05) is 6.20 Å². The molecule has 0 atom stereocenters. The molecule has 0 bridgehead atoms. The Morgan fingerprint density at radius 2 is 2.12 bits per heavy atom. The second kappa shape index (κ2) is 4.56. The SMILES string of the molecule is N#Cc1cccn1Cc1nc(Cl)ccc1Cl. The zero-order chi connectivity index (χ0) is 11.5. The maximum absolute atomic E-state index is 8.86. The summed E-state index contributed by atoms with van der Waals surface area (Å²) in [6.07, 6.45) is 1.80. The van der Waals surface area contributed by atoms with Crippen molar-refractivity contribution in [2.45, 2.75) is 6.54 Å². The molecule has 0 amide bonds. The summed E-state index contributed by atoms with van der Waals surface area (Å²) in [7, 11) is 0. The van der Waals surface area contributed by atoms with Gasteiger partial charge in [-0.1, -0.05) is 23.2 Å². The predicted molar refractivity (Wildman–Crippen MR) is 62.5 cm³/mol. The second-order valence-corrected chi connectivity index (χ2v) is 3.99. The van der Waals surface area contributed by atoms with Gasteiger partial charge in [-0.3, -0.25) is 0 Å². The molecule has 2 aromatic rings. The first-order chi connectivity index (χ1) is 7.70. The first-order valence-electron chi connectivity index (χ1n) is 4.57. The fourth-order valence-corrected chi connectivity index (χ4v) is 1.71. The molecule has 0 aromatic carbocycles. The monoisotopic (exact) mass is 251 g/mol. The lowest BCUT2D eigenvalue weighted by Gasteiger charge is -2.06. The zero-order valence-electron chi connectivity index (χ0n) is 8.19. The van der Waals surface area contributed by atoms with E-state index in [9.17, 15) is 0 Å². The van der Waals surface area contributed by atoms with Crippen LogP contribution < -0.4 is 0 Å². The van der Waals surface area contributed by atoms with Crippen LogP contribution in [-0.2, 0) is 6.54 Å². The van der Waals surface area contributed by atoms with Gasteiger partial charge in [-0.2, -0.15) is 5.26 Å². The summed E-state index contributed by atoms with van der Waals surface area (Å²) in [5, 5.41) is 9.80. The van der Waals surface area contributed by atoms with Crippen LogP contribution in [0.4, 0.5) is 0 Å². The van der Waals surface area contributed by atoms with Crippen LogP contribution in [0.5, 0.6) is 0 Å². The van der Waals surface area contributed by atoms with Gasteiger partial charge in [-0.05, 0) is 24.3 Å². The highest BCUT2D eigenvalue weighted by atomic mass is 35.5. The van der Waals surface area contributed by atoms with Crippen LogP contribution in [0.2, 0.25) is 10.2 Å². The molecule has 2 heterocycles. The molecule has 0 saturated carbocycles. The van der Waals surface area contributed by atoms with Crippen molar-refractivity contribution in [1.82, 2.24) is 9.55 Å². The number of pyridine rings is 1. The summed E-state index contributed by atoms with van der Waals surface area (Å²) in [6.45, 7) is 0.440. The first kappa shape index (κ1) is 11.0. The Labute approximate surface area is 103 Å². The van der Waals surface area contributed by atoms with Gasteiger partial charge >= 0.3 is 0 Å². The van der Waals surface area contributed by atoms with E-state index in [-0.39, 0.29) is 0 Å². The lowest BCUT2D eigenvalue weighted by atomic mass is 10.3. The van der Waals surface area contributed by atoms with Gasteiger partial charge in [0.25, 0.3) is 0 Å². The molecule has 0 unspecified atom stereocenters. The van der Waals surface area contributed by atoms with E-state index in [4.69, 9.17) is 28.5 Å². The van der Waals surface area contributed by atoms with Gasteiger partial charge in [0.2, 0.25) is 0 Å². The normalized spacial score (nSPS) is 10.1. The molecule has 3 nitrogen and oxygen atoms in total. The number of nitrogens with zero attached hydrogens (tertiary/aromatic N) is 3. The fourth-order valence-electron chi connectivity index (χ4n) is 1.38. The molecule has 2 rings (SSSR count). The molecule has 5 heteroatoms. The fraction of sp³-hybridized carbons (Fsp3) is 0.0909. The average Bonchev–Trinajstić information content (AvgIpc) is 2.71. The van der Waals surface area contributed by atoms with Crippen molar-refractivity contribution in [3.05, 3.63) is 52.0 Å². The van der Waals surface area contributed by atoms with Crippen molar-refractivity contribution >= 4 is 23.2 Å². The van der Waals surface area contributed by atoms with Crippen LogP contribution in [0, 0.1) is 11.3 Å². The second-order valence-electron chi connectivity index (χ2n) is 3.20. The number of aromatic nitrogens is 2. The van der Waals surface area contributed by atoms with E-state index >= 15 is 0 Å². The van der Waals surface area contributed by atoms with Gasteiger partial charge in [0.1, 0.15) is 16.9 Å².